The second-order valence-corrected chi connectivity index (χ2v) is 13.6. The van der Waals surface area contributed by atoms with E-state index in [1.807, 2.05) is 6.92 Å². The number of hydrogen-bond donors (Lipinski definition) is 2. The van der Waals surface area contributed by atoms with Gasteiger partial charge in [0.1, 0.15) is 18.7 Å². The average molecular weight is 738 g/mol. The lowest BCUT2D eigenvalue weighted by atomic mass is 9.73. The summed E-state index contributed by atoms with van der Waals surface area (Å²) in [5.41, 5.74) is -1.67. The number of alkyl halides is 3. The lowest BCUT2D eigenvalue weighted by Crippen LogP contribution is -2.46. The van der Waals surface area contributed by atoms with Gasteiger partial charge < -0.3 is 19.9 Å². The molecule has 2 N–H and O–H groups in total. The molecule has 2 amide bonds. The number of benzene rings is 1. The first-order valence-electron chi connectivity index (χ1n) is 16.6. The summed E-state index contributed by atoms with van der Waals surface area (Å²) in [5.74, 6) is -4.28. The number of nitrogens with one attached hydrogen (secondary N) is 1. The smallest absolute Gasteiger partial charge is 0.416 e. The molecule has 1 atom stereocenters. The van der Waals surface area contributed by atoms with Crippen LogP contribution in [0.15, 0.2) is 35.4 Å². The molecule has 0 bridgehead atoms. The standard InChI is InChI=1S/C35H32F5N9O4/c1-16-13-34(7-9-47(10-8-34)32(53)27-29(51)19(4)41-15-42-27)25-28(16)48(14-24(50)44-23-6-5-20(12-22(23)36)35(38,39)40)33-45-30(46-49(33)31(25)52)21-11-17(2)43-18(3)26(21)37/h5-6,11-12,15-16,51H,7-10,13-14H2,1-4H3,(H,44,50). The van der Waals surface area contributed by atoms with E-state index >= 15 is 4.39 Å². The highest BCUT2D eigenvalue weighted by molar-refractivity contribution is 5.95. The number of rotatable bonds is 5. The van der Waals surface area contributed by atoms with E-state index in [1.54, 1.807) is 13.8 Å². The van der Waals surface area contributed by atoms with E-state index in [9.17, 15) is 37.1 Å². The monoisotopic (exact) mass is 737 g/mol. The molecule has 4 aromatic heterocycles. The molecule has 0 radical (unpaired) electrons. The third-order valence-electron chi connectivity index (χ3n) is 10.1. The molecule has 1 unspecified atom stereocenters. The predicted octanol–water partition coefficient (Wildman–Crippen LogP) is 4.99. The SMILES string of the molecule is Cc1cc(-c2nc3n(CC(=O)Nc4ccc(C(F)(F)F)cc4F)c4c(c(=O)n3n2)C2(CCN(C(=O)c3ncnc(C)c3O)CC2)CC4C)c(F)c(C)n1. The Labute approximate surface area is 297 Å². The first-order chi connectivity index (χ1) is 25.0. The maximum atomic E-state index is 15.4. The topological polar surface area (TPSA) is 160 Å². The maximum absolute atomic E-state index is 15.4. The zero-order valence-corrected chi connectivity index (χ0v) is 28.8. The van der Waals surface area contributed by atoms with E-state index in [4.69, 9.17) is 0 Å². The first kappa shape index (κ1) is 35.6. The van der Waals surface area contributed by atoms with Gasteiger partial charge in [-0.15, -0.1) is 5.10 Å². The van der Waals surface area contributed by atoms with Crippen LogP contribution < -0.4 is 10.9 Å². The molecule has 7 rings (SSSR count). The second-order valence-electron chi connectivity index (χ2n) is 13.6. The zero-order chi connectivity index (χ0) is 38.1. The predicted molar refractivity (Wildman–Crippen MR) is 178 cm³/mol. The quantitative estimate of drug-likeness (QED) is 0.237. The summed E-state index contributed by atoms with van der Waals surface area (Å²) >= 11 is 0. The van der Waals surface area contributed by atoms with E-state index in [0.29, 0.717) is 42.3 Å². The van der Waals surface area contributed by atoms with Crippen molar-refractivity contribution in [1.29, 1.82) is 0 Å². The minimum atomic E-state index is -4.80. The summed E-state index contributed by atoms with van der Waals surface area (Å²) < 4.78 is 72.0. The van der Waals surface area contributed by atoms with Crippen LogP contribution in [0.1, 0.15) is 76.5 Å². The molecule has 1 aromatic carbocycles. The van der Waals surface area contributed by atoms with Crippen molar-refractivity contribution in [2.75, 3.05) is 18.4 Å². The van der Waals surface area contributed by atoms with Crippen LogP contribution in [-0.4, -0.2) is 69.0 Å². The fourth-order valence-electron chi connectivity index (χ4n) is 7.61. The number of hydrogen-bond acceptors (Lipinski definition) is 9. The first-order valence-corrected chi connectivity index (χ1v) is 16.6. The molecule has 0 saturated carbocycles. The van der Waals surface area contributed by atoms with Gasteiger partial charge in [-0.1, -0.05) is 6.92 Å². The summed E-state index contributed by atoms with van der Waals surface area (Å²) in [5, 5.41) is 17.2. The van der Waals surface area contributed by atoms with E-state index < -0.39 is 58.4 Å². The fraction of sp³-hybridized carbons (Fsp3) is 0.371. The number of aromatic nitrogens is 7. The van der Waals surface area contributed by atoms with Crippen molar-refractivity contribution in [3.05, 3.63) is 92.2 Å². The van der Waals surface area contributed by atoms with Gasteiger partial charge in [-0.05, 0) is 70.2 Å². The molecular weight excluding hydrogens is 705 g/mol. The number of aromatic hydroxyl groups is 1. The zero-order valence-electron chi connectivity index (χ0n) is 28.8. The van der Waals surface area contributed by atoms with Gasteiger partial charge in [0, 0.05) is 35.5 Å². The van der Waals surface area contributed by atoms with Crippen LogP contribution in [0.5, 0.6) is 5.75 Å². The number of anilines is 1. The molecule has 1 spiro atoms. The minimum absolute atomic E-state index is 0.0288. The number of likely N-dealkylation sites (tertiary alicyclic amines) is 1. The summed E-state index contributed by atoms with van der Waals surface area (Å²) in [6.07, 6.45) is -2.52. The highest BCUT2D eigenvalue weighted by atomic mass is 19.4. The molecule has 5 aromatic rings. The van der Waals surface area contributed by atoms with Crippen molar-refractivity contribution in [2.45, 2.75) is 71.0 Å². The molecule has 18 heteroatoms. The minimum Gasteiger partial charge on any atom is -0.504 e. The Balaban J connectivity index is 1.31. The number of carbonyl (C=O) groups excluding carboxylic acids is 2. The molecule has 2 aliphatic rings. The number of amides is 2. The average Bonchev–Trinajstić information content (AvgIpc) is 3.66. The van der Waals surface area contributed by atoms with Crippen LogP contribution >= 0.6 is 0 Å². The van der Waals surface area contributed by atoms with Gasteiger partial charge in [0.05, 0.1) is 28.2 Å². The van der Waals surface area contributed by atoms with Crippen LogP contribution in [-0.2, 0) is 22.9 Å². The van der Waals surface area contributed by atoms with Crippen LogP contribution in [0.2, 0.25) is 0 Å². The van der Waals surface area contributed by atoms with Crippen LogP contribution in [0.25, 0.3) is 17.2 Å². The molecular formula is C35H32F5N9O4. The molecule has 1 aliphatic carbocycles. The molecule has 1 saturated heterocycles. The van der Waals surface area contributed by atoms with Crippen LogP contribution in [0.4, 0.5) is 27.6 Å². The number of carbonyl (C=O) groups is 2. The van der Waals surface area contributed by atoms with Crippen molar-refractivity contribution >= 4 is 23.3 Å². The molecule has 1 fully saturated rings. The van der Waals surface area contributed by atoms with E-state index in [-0.39, 0.29) is 65.1 Å². The fourth-order valence-corrected chi connectivity index (χ4v) is 7.61. The van der Waals surface area contributed by atoms with Gasteiger partial charge in [-0.25, -0.2) is 18.7 Å². The normalized spacial score (nSPS) is 16.7. The Morgan fingerprint density at radius 2 is 1.75 bits per heavy atom. The van der Waals surface area contributed by atoms with Crippen molar-refractivity contribution in [3.8, 4) is 17.1 Å². The van der Waals surface area contributed by atoms with E-state index in [2.05, 4.69) is 30.4 Å². The van der Waals surface area contributed by atoms with Gasteiger partial charge >= 0.3 is 6.18 Å². The third kappa shape index (κ3) is 6.04. The highest BCUT2D eigenvalue weighted by Gasteiger charge is 2.49. The Morgan fingerprint density at radius 1 is 1.04 bits per heavy atom. The summed E-state index contributed by atoms with van der Waals surface area (Å²) in [6, 6.07) is 3.15. The van der Waals surface area contributed by atoms with Crippen molar-refractivity contribution in [3.63, 3.8) is 0 Å². The Hall–Kier alpha value is -5.81. The summed E-state index contributed by atoms with van der Waals surface area (Å²) in [6.45, 7) is 6.36. The molecule has 53 heavy (non-hydrogen) atoms. The lowest BCUT2D eigenvalue weighted by Gasteiger charge is -2.39. The van der Waals surface area contributed by atoms with Gasteiger partial charge in [-0.2, -0.15) is 22.7 Å². The number of fused-ring (bicyclic) bond motifs is 3. The summed E-state index contributed by atoms with van der Waals surface area (Å²) in [7, 11) is 0. The number of piperidine rings is 1. The number of halogens is 5. The largest absolute Gasteiger partial charge is 0.504 e. The number of nitrogens with zero attached hydrogens (tertiary/aromatic N) is 8. The van der Waals surface area contributed by atoms with Crippen molar-refractivity contribution < 1.29 is 36.6 Å². The summed E-state index contributed by atoms with van der Waals surface area (Å²) in [4.78, 5) is 59.4. The van der Waals surface area contributed by atoms with E-state index in [1.165, 1.54) is 28.8 Å². The molecule has 5 heterocycles. The Morgan fingerprint density at radius 3 is 2.43 bits per heavy atom. The molecule has 13 nitrogen and oxygen atoms in total. The molecule has 276 valence electrons. The van der Waals surface area contributed by atoms with Crippen molar-refractivity contribution in [1.82, 2.24) is 39.0 Å². The molecule has 1 aliphatic heterocycles. The number of aryl methyl sites for hydroxylation is 3. The number of pyridine rings is 1. The van der Waals surface area contributed by atoms with Gasteiger partial charge in [0.25, 0.3) is 11.5 Å². The van der Waals surface area contributed by atoms with Gasteiger partial charge in [0.2, 0.25) is 11.7 Å². The van der Waals surface area contributed by atoms with Crippen LogP contribution in [0, 0.1) is 32.4 Å². The lowest BCUT2D eigenvalue weighted by molar-refractivity contribution is -0.137. The van der Waals surface area contributed by atoms with E-state index in [0.717, 1.165) is 10.6 Å². The highest BCUT2D eigenvalue weighted by Crippen LogP contribution is 2.50. The van der Waals surface area contributed by atoms with Gasteiger partial charge in [-0.3, -0.25) is 19.4 Å². The Kier molecular flexibility index (Phi) is 8.53. The van der Waals surface area contributed by atoms with Crippen molar-refractivity contribution in [2.24, 2.45) is 0 Å². The van der Waals surface area contributed by atoms with Crippen LogP contribution in [0.3, 0.4) is 0 Å². The Bertz CT molecular complexity index is 2400. The second kappa shape index (κ2) is 12.7. The van der Waals surface area contributed by atoms with Gasteiger partial charge in [0.15, 0.2) is 23.1 Å². The third-order valence-corrected chi connectivity index (χ3v) is 10.1. The maximum Gasteiger partial charge on any atom is 0.416 e.